The van der Waals surface area contributed by atoms with Crippen LogP contribution in [0.1, 0.15) is 18.6 Å². The molecule has 4 heterocycles. The van der Waals surface area contributed by atoms with E-state index in [0.717, 1.165) is 37.2 Å². The van der Waals surface area contributed by atoms with Gasteiger partial charge < -0.3 is 13.7 Å². The predicted molar refractivity (Wildman–Crippen MR) is 129 cm³/mol. The van der Waals surface area contributed by atoms with Crippen molar-refractivity contribution in [3.8, 4) is 11.6 Å². The molecule has 6 rings (SSSR count). The first-order chi connectivity index (χ1) is 16.2. The van der Waals surface area contributed by atoms with Gasteiger partial charge in [-0.2, -0.15) is 9.78 Å². The van der Waals surface area contributed by atoms with Gasteiger partial charge in [-0.3, -0.25) is 4.79 Å². The Morgan fingerprint density at radius 2 is 1.85 bits per heavy atom. The zero-order valence-electron chi connectivity index (χ0n) is 17.6. The summed E-state index contributed by atoms with van der Waals surface area (Å²) in [5.41, 5.74) is 0.919. The lowest BCUT2D eigenvalue weighted by atomic mass is 10.2. The van der Waals surface area contributed by atoms with E-state index in [4.69, 9.17) is 20.4 Å². The number of aromatic nitrogens is 2. The van der Waals surface area contributed by atoms with Gasteiger partial charge in [0.15, 0.2) is 11.6 Å². The Labute approximate surface area is 193 Å². The van der Waals surface area contributed by atoms with E-state index >= 15 is 0 Å². The Hall–Kier alpha value is -3.84. The highest BCUT2D eigenvalue weighted by atomic mass is 35.5. The van der Waals surface area contributed by atoms with Gasteiger partial charge in [0.25, 0.3) is 5.56 Å². The fourth-order valence-electron chi connectivity index (χ4n) is 4.15. The van der Waals surface area contributed by atoms with Gasteiger partial charge in [0.2, 0.25) is 5.82 Å². The highest BCUT2D eigenvalue weighted by molar-refractivity contribution is 6.31. The zero-order valence-corrected chi connectivity index (χ0v) is 18.3. The molecule has 33 heavy (non-hydrogen) atoms. The third kappa shape index (κ3) is 3.60. The molecule has 0 unspecified atom stereocenters. The van der Waals surface area contributed by atoms with E-state index in [1.165, 1.54) is 10.9 Å². The van der Waals surface area contributed by atoms with Crippen molar-refractivity contribution in [3.05, 3.63) is 81.8 Å². The minimum Gasteiger partial charge on any atom is -0.453 e. The minimum atomic E-state index is -0.295. The van der Waals surface area contributed by atoms with Crippen molar-refractivity contribution >= 4 is 45.6 Å². The molecule has 8 heteroatoms. The van der Waals surface area contributed by atoms with Crippen LogP contribution in [0.2, 0.25) is 5.02 Å². The summed E-state index contributed by atoms with van der Waals surface area (Å²) in [7, 11) is 0. The van der Waals surface area contributed by atoms with Gasteiger partial charge in [-0.25, -0.2) is 4.98 Å². The molecule has 3 aromatic heterocycles. The highest BCUT2D eigenvalue weighted by Gasteiger charge is 2.18. The number of furan rings is 2. The molecule has 7 nitrogen and oxygen atoms in total. The molecule has 1 aliphatic rings. The lowest BCUT2D eigenvalue weighted by Crippen LogP contribution is -2.20. The minimum absolute atomic E-state index is 0.295. The molecule has 164 valence electrons. The molecule has 1 saturated heterocycles. The number of nitrogens with zero attached hydrogens (tertiary/aromatic N) is 4. The Balaban J connectivity index is 1.47. The van der Waals surface area contributed by atoms with Gasteiger partial charge in [0.1, 0.15) is 11.3 Å². The second-order valence-corrected chi connectivity index (χ2v) is 8.41. The van der Waals surface area contributed by atoms with Crippen molar-refractivity contribution in [2.75, 3.05) is 18.0 Å². The van der Waals surface area contributed by atoms with Gasteiger partial charge in [-0.1, -0.05) is 23.7 Å². The van der Waals surface area contributed by atoms with Crippen molar-refractivity contribution in [1.82, 2.24) is 9.66 Å². The van der Waals surface area contributed by atoms with Crippen LogP contribution in [0.3, 0.4) is 0 Å². The summed E-state index contributed by atoms with van der Waals surface area (Å²) < 4.78 is 13.2. The Morgan fingerprint density at radius 3 is 2.73 bits per heavy atom. The third-order valence-electron chi connectivity index (χ3n) is 5.78. The molecule has 5 aromatic rings. The molecule has 1 aliphatic heterocycles. The van der Waals surface area contributed by atoms with Crippen LogP contribution in [0.5, 0.6) is 0 Å². The Bertz CT molecular complexity index is 1570. The summed E-state index contributed by atoms with van der Waals surface area (Å²) >= 11 is 6.13. The summed E-state index contributed by atoms with van der Waals surface area (Å²) in [4.78, 5) is 20.2. The summed E-state index contributed by atoms with van der Waals surface area (Å²) in [6, 6.07) is 18.1. The molecule has 0 bridgehead atoms. The number of benzene rings is 2. The van der Waals surface area contributed by atoms with Crippen LogP contribution in [0, 0.1) is 0 Å². The molecule has 2 aromatic carbocycles. The normalized spacial score (nSPS) is 14.3. The average molecular weight is 459 g/mol. The lowest BCUT2D eigenvalue weighted by Gasteiger charge is -2.12. The molecule has 0 aliphatic carbocycles. The molecule has 0 saturated carbocycles. The van der Waals surface area contributed by atoms with Crippen LogP contribution in [0.25, 0.3) is 33.5 Å². The lowest BCUT2D eigenvalue weighted by molar-refractivity contribution is 0.549. The molecule has 0 amide bonds. The Morgan fingerprint density at radius 1 is 1.00 bits per heavy atom. The number of hydrogen-bond acceptors (Lipinski definition) is 6. The number of hydrogen-bond donors (Lipinski definition) is 0. The standard InChI is InChI=1S/C25H19ClN4O3/c26-17-7-9-21-16(13-17)14-22(33-21)24-28-20-6-2-1-5-19(20)25(31)30(24)27-15-18-8-10-23(32-18)29-11-3-4-12-29/h1-2,5-10,13-15H,3-4,11-12H2. The number of halogens is 1. The van der Waals surface area contributed by atoms with Crippen molar-refractivity contribution < 1.29 is 8.83 Å². The number of fused-ring (bicyclic) bond motifs is 2. The number of anilines is 1. The average Bonchev–Trinajstić information content (AvgIpc) is 3.58. The van der Waals surface area contributed by atoms with E-state index < -0.39 is 0 Å². The third-order valence-corrected chi connectivity index (χ3v) is 6.02. The quantitative estimate of drug-likeness (QED) is 0.330. The van der Waals surface area contributed by atoms with Gasteiger partial charge in [0, 0.05) is 29.6 Å². The van der Waals surface area contributed by atoms with E-state index in [0.29, 0.717) is 38.9 Å². The molecule has 0 atom stereocenters. The van der Waals surface area contributed by atoms with Crippen molar-refractivity contribution in [2.24, 2.45) is 5.10 Å². The fraction of sp³-hybridized carbons (Fsp3) is 0.160. The molecule has 0 radical (unpaired) electrons. The van der Waals surface area contributed by atoms with Crippen LogP contribution in [0.15, 0.2) is 79.4 Å². The van der Waals surface area contributed by atoms with Gasteiger partial charge in [0.05, 0.1) is 17.1 Å². The summed E-state index contributed by atoms with van der Waals surface area (Å²) in [5.74, 6) is 2.09. The first-order valence-corrected chi connectivity index (χ1v) is 11.1. The van der Waals surface area contributed by atoms with Crippen molar-refractivity contribution in [3.63, 3.8) is 0 Å². The van der Waals surface area contributed by atoms with E-state index in [2.05, 4.69) is 15.0 Å². The van der Waals surface area contributed by atoms with Gasteiger partial charge >= 0.3 is 0 Å². The summed E-state index contributed by atoms with van der Waals surface area (Å²) in [6.45, 7) is 1.97. The smallest absolute Gasteiger partial charge is 0.282 e. The highest BCUT2D eigenvalue weighted by Crippen LogP contribution is 2.29. The molecule has 1 fully saturated rings. The molecule has 0 spiro atoms. The molecular formula is C25H19ClN4O3. The fourth-order valence-corrected chi connectivity index (χ4v) is 4.33. The van der Waals surface area contributed by atoms with E-state index in [1.54, 1.807) is 36.4 Å². The van der Waals surface area contributed by atoms with Crippen LogP contribution < -0.4 is 10.5 Å². The monoisotopic (exact) mass is 458 g/mol. The van der Waals surface area contributed by atoms with E-state index in [9.17, 15) is 4.79 Å². The molecule has 0 N–H and O–H groups in total. The maximum atomic E-state index is 13.3. The van der Waals surface area contributed by atoms with Crippen LogP contribution in [-0.4, -0.2) is 29.0 Å². The van der Waals surface area contributed by atoms with Crippen LogP contribution in [-0.2, 0) is 0 Å². The summed E-state index contributed by atoms with van der Waals surface area (Å²) in [5, 5.41) is 6.33. The summed E-state index contributed by atoms with van der Waals surface area (Å²) in [6.07, 6.45) is 3.85. The zero-order chi connectivity index (χ0) is 22.4. The number of para-hydroxylation sites is 1. The van der Waals surface area contributed by atoms with Crippen LogP contribution >= 0.6 is 11.6 Å². The van der Waals surface area contributed by atoms with E-state index in [-0.39, 0.29) is 5.56 Å². The first-order valence-electron chi connectivity index (χ1n) is 10.8. The second-order valence-electron chi connectivity index (χ2n) is 7.98. The SMILES string of the molecule is O=c1c2ccccc2nc(-c2cc3cc(Cl)ccc3o2)n1N=Cc1ccc(N2CCCC2)o1. The maximum Gasteiger partial charge on any atom is 0.282 e. The first kappa shape index (κ1) is 19.8. The predicted octanol–water partition coefficient (Wildman–Crippen LogP) is 5.54. The number of rotatable bonds is 4. The van der Waals surface area contributed by atoms with Gasteiger partial charge in [-0.05, 0) is 55.3 Å². The van der Waals surface area contributed by atoms with Crippen molar-refractivity contribution in [1.29, 1.82) is 0 Å². The maximum absolute atomic E-state index is 13.3. The van der Waals surface area contributed by atoms with Crippen LogP contribution in [0.4, 0.5) is 5.88 Å². The topological polar surface area (TPSA) is 76.8 Å². The second kappa shape index (κ2) is 7.94. The molecular weight excluding hydrogens is 440 g/mol. The van der Waals surface area contributed by atoms with E-state index in [1.807, 2.05) is 24.3 Å². The van der Waals surface area contributed by atoms with Crippen molar-refractivity contribution in [2.45, 2.75) is 12.8 Å². The van der Waals surface area contributed by atoms with Gasteiger partial charge in [-0.15, -0.1) is 0 Å². The largest absolute Gasteiger partial charge is 0.453 e. The Kier molecular flexibility index (Phi) is 4.77.